The molecule has 0 saturated heterocycles. The third kappa shape index (κ3) is 3.15. The Labute approximate surface area is 121 Å². The summed E-state index contributed by atoms with van der Waals surface area (Å²) in [5, 5.41) is 0. The van der Waals surface area contributed by atoms with Gasteiger partial charge in [0.1, 0.15) is 5.69 Å². The summed E-state index contributed by atoms with van der Waals surface area (Å²) in [7, 11) is 1.04. The van der Waals surface area contributed by atoms with Crippen LogP contribution in [-0.4, -0.2) is 12.1 Å². The summed E-state index contributed by atoms with van der Waals surface area (Å²) in [6.45, 7) is 0. The van der Waals surface area contributed by atoms with Gasteiger partial charge in [-0.1, -0.05) is 18.2 Å². The van der Waals surface area contributed by atoms with Gasteiger partial charge in [-0.3, -0.25) is 0 Å². The second-order valence-electron chi connectivity index (χ2n) is 4.29. The van der Waals surface area contributed by atoms with Crippen molar-refractivity contribution in [2.24, 2.45) is 0 Å². The third-order valence-corrected chi connectivity index (χ3v) is 2.87. The fourth-order valence-electron chi connectivity index (χ4n) is 1.92. The Morgan fingerprint density at radius 3 is 2.00 bits per heavy atom. The van der Waals surface area contributed by atoms with Gasteiger partial charge in [-0.15, -0.1) is 0 Å². The molecule has 0 aliphatic heterocycles. The van der Waals surface area contributed by atoms with Crippen LogP contribution in [0, 0.1) is 0 Å². The fraction of sp³-hybridized carbons (Fsp3) is 0.214. The standard InChI is InChI=1S/C14H9F6NO/c1-22-12-9(6-7-11(21-12)14(18,19)20)8-4-2-3-5-10(8)13(15,16)17/h2-7H,1H3. The summed E-state index contributed by atoms with van der Waals surface area (Å²) >= 11 is 0. The highest BCUT2D eigenvalue weighted by Crippen LogP contribution is 2.40. The van der Waals surface area contributed by atoms with Gasteiger partial charge in [0.25, 0.3) is 0 Å². The molecule has 118 valence electrons. The molecule has 0 unspecified atom stereocenters. The molecule has 0 aliphatic rings. The van der Waals surface area contributed by atoms with Crippen molar-refractivity contribution in [1.29, 1.82) is 0 Å². The second kappa shape index (κ2) is 5.51. The van der Waals surface area contributed by atoms with Gasteiger partial charge in [-0.2, -0.15) is 26.3 Å². The van der Waals surface area contributed by atoms with Crippen LogP contribution in [-0.2, 0) is 12.4 Å². The zero-order valence-corrected chi connectivity index (χ0v) is 11.1. The van der Waals surface area contributed by atoms with Gasteiger partial charge in [0.05, 0.1) is 12.7 Å². The predicted octanol–water partition coefficient (Wildman–Crippen LogP) is 4.79. The molecular formula is C14H9F6NO. The molecule has 0 atom stereocenters. The van der Waals surface area contributed by atoms with Gasteiger partial charge in [-0.05, 0) is 23.8 Å². The number of halogens is 6. The van der Waals surface area contributed by atoms with E-state index in [9.17, 15) is 26.3 Å². The van der Waals surface area contributed by atoms with Crippen molar-refractivity contribution < 1.29 is 31.1 Å². The number of ether oxygens (including phenoxy) is 1. The molecule has 0 spiro atoms. The Hall–Kier alpha value is -2.25. The molecule has 0 fully saturated rings. The summed E-state index contributed by atoms with van der Waals surface area (Å²) in [4.78, 5) is 3.25. The monoisotopic (exact) mass is 321 g/mol. The average molecular weight is 321 g/mol. The van der Waals surface area contributed by atoms with Crippen LogP contribution < -0.4 is 4.74 Å². The number of benzene rings is 1. The highest BCUT2D eigenvalue weighted by atomic mass is 19.4. The smallest absolute Gasteiger partial charge is 0.433 e. The van der Waals surface area contributed by atoms with E-state index in [0.29, 0.717) is 6.07 Å². The molecule has 2 rings (SSSR count). The molecule has 0 saturated carbocycles. The quantitative estimate of drug-likeness (QED) is 0.742. The van der Waals surface area contributed by atoms with Crippen molar-refractivity contribution in [3.8, 4) is 17.0 Å². The van der Waals surface area contributed by atoms with E-state index < -0.39 is 29.5 Å². The van der Waals surface area contributed by atoms with Crippen molar-refractivity contribution in [3.63, 3.8) is 0 Å². The molecule has 1 aromatic heterocycles. The molecule has 0 aliphatic carbocycles. The van der Waals surface area contributed by atoms with E-state index in [1.54, 1.807) is 0 Å². The Kier molecular flexibility index (Phi) is 4.04. The second-order valence-corrected chi connectivity index (χ2v) is 4.29. The number of rotatable bonds is 2. The first-order valence-corrected chi connectivity index (χ1v) is 5.93. The number of nitrogens with zero attached hydrogens (tertiary/aromatic N) is 1. The number of aromatic nitrogens is 1. The Morgan fingerprint density at radius 2 is 1.45 bits per heavy atom. The highest BCUT2D eigenvalue weighted by molar-refractivity contribution is 5.72. The molecule has 0 N–H and O–H groups in total. The molecule has 0 amide bonds. The summed E-state index contributed by atoms with van der Waals surface area (Å²) < 4.78 is 81.5. The molecular weight excluding hydrogens is 312 g/mol. The molecule has 1 heterocycles. The van der Waals surface area contributed by atoms with Crippen molar-refractivity contribution >= 4 is 0 Å². The highest BCUT2D eigenvalue weighted by Gasteiger charge is 2.36. The van der Waals surface area contributed by atoms with Crippen molar-refractivity contribution in [1.82, 2.24) is 4.98 Å². The van der Waals surface area contributed by atoms with Gasteiger partial charge < -0.3 is 4.74 Å². The van der Waals surface area contributed by atoms with Crippen LogP contribution >= 0.6 is 0 Å². The van der Waals surface area contributed by atoms with Crippen molar-refractivity contribution in [2.45, 2.75) is 12.4 Å². The summed E-state index contributed by atoms with van der Waals surface area (Å²) in [6, 6.07) is 6.06. The predicted molar refractivity (Wildman–Crippen MR) is 66.2 cm³/mol. The minimum absolute atomic E-state index is 0.163. The molecule has 22 heavy (non-hydrogen) atoms. The van der Waals surface area contributed by atoms with E-state index >= 15 is 0 Å². The maximum absolute atomic E-state index is 13.0. The molecule has 1 aromatic carbocycles. The van der Waals surface area contributed by atoms with Crippen LogP contribution in [0.15, 0.2) is 36.4 Å². The lowest BCUT2D eigenvalue weighted by Crippen LogP contribution is -2.10. The van der Waals surface area contributed by atoms with Gasteiger partial charge >= 0.3 is 12.4 Å². The van der Waals surface area contributed by atoms with E-state index in [1.165, 1.54) is 12.1 Å². The van der Waals surface area contributed by atoms with Crippen LogP contribution in [0.2, 0.25) is 0 Å². The Bertz CT molecular complexity index is 678. The SMILES string of the molecule is COc1nc(C(F)(F)F)ccc1-c1ccccc1C(F)(F)F. The van der Waals surface area contributed by atoms with E-state index in [1.807, 2.05) is 0 Å². The largest absolute Gasteiger partial charge is 0.481 e. The van der Waals surface area contributed by atoms with Crippen molar-refractivity contribution in [3.05, 3.63) is 47.7 Å². The first kappa shape index (κ1) is 16.1. The van der Waals surface area contributed by atoms with E-state index in [0.717, 1.165) is 25.3 Å². The number of hydrogen-bond acceptors (Lipinski definition) is 2. The van der Waals surface area contributed by atoms with Gasteiger partial charge in [0.2, 0.25) is 5.88 Å². The first-order chi connectivity index (χ1) is 10.1. The van der Waals surface area contributed by atoms with Crippen LogP contribution in [0.3, 0.4) is 0 Å². The topological polar surface area (TPSA) is 22.1 Å². The van der Waals surface area contributed by atoms with Crippen LogP contribution in [0.1, 0.15) is 11.3 Å². The maximum atomic E-state index is 13.0. The summed E-state index contributed by atoms with van der Waals surface area (Å²) in [5.41, 5.74) is -2.68. The van der Waals surface area contributed by atoms with Crippen LogP contribution in [0.25, 0.3) is 11.1 Å². The molecule has 8 heteroatoms. The number of hydrogen-bond donors (Lipinski definition) is 0. The zero-order valence-electron chi connectivity index (χ0n) is 11.1. The van der Waals surface area contributed by atoms with Gasteiger partial charge in [-0.25, -0.2) is 4.98 Å². The summed E-state index contributed by atoms with van der Waals surface area (Å²) in [5.74, 6) is -0.522. The summed E-state index contributed by atoms with van der Waals surface area (Å²) in [6.07, 6.45) is -9.36. The van der Waals surface area contributed by atoms with Crippen LogP contribution in [0.4, 0.5) is 26.3 Å². The molecule has 2 aromatic rings. The maximum Gasteiger partial charge on any atom is 0.433 e. The lowest BCUT2D eigenvalue weighted by Gasteiger charge is -2.15. The van der Waals surface area contributed by atoms with E-state index in [-0.39, 0.29) is 11.1 Å². The number of pyridine rings is 1. The minimum Gasteiger partial charge on any atom is -0.481 e. The van der Waals surface area contributed by atoms with Crippen molar-refractivity contribution in [2.75, 3.05) is 7.11 Å². The van der Waals surface area contributed by atoms with E-state index in [4.69, 9.17) is 4.74 Å². The number of alkyl halides is 6. The average Bonchev–Trinajstić information content (AvgIpc) is 2.44. The lowest BCUT2D eigenvalue weighted by atomic mass is 10.00. The Balaban J connectivity index is 2.64. The van der Waals surface area contributed by atoms with E-state index in [2.05, 4.69) is 4.98 Å². The first-order valence-electron chi connectivity index (χ1n) is 5.93. The zero-order chi connectivity index (χ0) is 16.5. The lowest BCUT2D eigenvalue weighted by molar-refractivity contribution is -0.141. The van der Waals surface area contributed by atoms with Gasteiger partial charge in [0.15, 0.2) is 0 Å². The minimum atomic E-state index is -4.71. The van der Waals surface area contributed by atoms with Gasteiger partial charge in [0, 0.05) is 5.56 Å². The fourth-order valence-corrected chi connectivity index (χ4v) is 1.92. The normalized spacial score (nSPS) is 12.3. The van der Waals surface area contributed by atoms with Crippen LogP contribution in [0.5, 0.6) is 5.88 Å². The number of methoxy groups -OCH3 is 1. The molecule has 0 radical (unpaired) electrons. The molecule has 2 nitrogen and oxygen atoms in total. The Morgan fingerprint density at radius 1 is 0.818 bits per heavy atom. The molecule has 0 bridgehead atoms. The third-order valence-electron chi connectivity index (χ3n) is 2.87.